The zero-order chi connectivity index (χ0) is 13.0. The third kappa shape index (κ3) is 3.38. The minimum atomic E-state index is 0.395. The Hall–Kier alpha value is -0.750. The Morgan fingerprint density at radius 1 is 1.56 bits per heavy atom. The van der Waals surface area contributed by atoms with Crippen LogP contribution in [0, 0.1) is 0 Å². The van der Waals surface area contributed by atoms with E-state index in [1.807, 2.05) is 28.6 Å². The van der Waals surface area contributed by atoms with E-state index in [-0.39, 0.29) is 0 Å². The molecule has 1 N–H and O–H groups in total. The first-order valence-corrected chi connectivity index (χ1v) is 7.99. The molecular weight excluding hydrogens is 312 g/mol. The van der Waals surface area contributed by atoms with Crippen LogP contribution in [0.4, 0.5) is 5.82 Å². The fourth-order valence-electron chi connectivity index (χ4n) is 1.71. The average molecular weight is 329 g/mol. The Labute approximate surface area is 120 Å². The van der Waals surface area contributed by atoms with E-state index in [2.05, 4.69) is 45.1 Å². The van der Waals surface area contributed by atoms with Crippen molar-refractivity contribution >= 4 is 39.2 Å². The van der Waals surface area contributed by atoms with Crippen LogP contribution in [-0.2, 0) is 0 Å². The summed E-state index contributed by atoms with van der Waals surface area (Å²) in [4.78, 5) is 8.78. The van der Waals surface area contributed by atoms with E-state index >= 15 is 0 Å². The Balaban J connectivity index is 2.08. The smallest absolute Gasteiger partial charge is 0.180 e. The number of halogens is 1. The predicted octanol–water partition coefficient (Wildman–Crippen LogP) is 3.44. The zero-order valence-corrected chi connectivity index (χ0v) is 13.0. The molecule has 0 saturated heterocycles. The third-order valence-electron chi connectivity index (χ3n) is 2.63. The van der Waals surface area contributed by atoms with Gasteiger partial charge in [0, 0.05) is 24.6 Å². The first-order chi connectivity index (χ1) is 8.70. The summed E-state index contributed by atoms with van der Waals surface area (Å²) in [5, 5.41) is 3.43. The average Bonchev–Trinajstić information content (AvgIpc) is 2.77. The lowest BCUT2D eigenvalue weighted by atomic mass is 10.2. The van der Waals surface area contributed by atoms with Gasteiger partial charge in [0.15, 0.2) is 11.5 Å². The van der Waals surface area contributed by atoms with Gasteiger partial charge in [-0.2, -0.15) is 11.8 Å². The maximum absolute atomic E-state index is 4.46. The zero-order valence-electron chi connectivity index (χ0n) is 10.6. The van der Waals surface area contributed by atoms with Gasteiger partial charge in [-0.1, -0.05) is 6.92 Å². The summed E-state index contributed by atoms with van der Waals surface area (Å²) in [6.45, 7) is 4.37. The molecule has 0 aliphatic carbocycles. The van der Waals surface area contributed by atoms with Crippen molar-refractivity contribution in [3.05, 3.63) is 23.2 Å². The molecule has 1 unspecified atom stereocenters. The molecular formula is C12H17BrN4S. The highest BCUT2D eigenvalue weighted by Crippen LogP contribution is 2.18. The molecule has 0 aliphatic rings. The number of aromatic nitrogens is 3. The van der Waals surface area contributed by atoms with Crippen molar-refractivity contribution in [2.45, 2.75) is 26.3 Å². The van der Waals surface area contributed by atoms with Crippen LogP contribution < -0.4 is 5.32 Å². The number of nitrogens with zero attached hydrogens (tertiary/aromatic N) is 3. The van der Waals surface area contributed by atoms with Gasteiger partial charge >= 0.3 is 0 Å². The third-order valence-corrected chi connectivity index (χ3v) is 3.94. The van der Waals surface area contributed by atoms with Gasteiger partial charge in [-0.3, -0.25) is 0 Å². The highest BCUT2D eigenvalue weighted by molar-refractivity contribution is 9.10. The molecule has 0 fully saturated rings. The van der Waals surface area contributed by atoms with Crippen LogP contribution in [0.1, 0.15) is 20.3 Å². The van der Waals surface area contributed by atoms with Crippen LogP contribution in [-0.4, -0.2) is 31.9 Å². The fourth-order valence-corrected chi connectivity index (χ4v) is 2.91. The van der Waals surface area contributed by atoms with Gasteiger partial charge in [0.25, 0.3) is 0 Å². The summed E-state index contributed by atoms with van der Waals surface area (Å²) in [6, 6.07) is 0.395. The Bertz CT molecular complexity index is 514. The number of nitrogens with one attached hydrogen (secondary N) is 1. The normalized spacial score (nSPS) is 12.8. The highest BCUT2D eigenvalue weighted by Gasteiger charge is 2.09. The monoisotopic (exact) mass is 328 g/mol. The van der Waals surface area contributed by atoms with E-state index in [1.54, 1.807) is 6.20 Å². The number of thioether (sulfide) groups is 1. The number of hydrogen-bond acceptors (Lipinski definition) is 4. The quantitative estimate of drug-likeness (QED) is 0.825. The van der Waals surface area contributed by atoms with Crippen molar-refractivity contribution < 1.29 is 0 Å². The molecule has 2 aromatic heterocycles. The van der Waals surface area contributed by atoms with Crippen LogP contribution >= 0.6 is 27.7 Å². The second-order valence-corrected chi connectivity index (χ2v) is 6.31. The maximum atomic E-state index is 4.46. The second-order valence-electron chi connectivity index (χ2n) is 4.10. The summed E-state index contributed by atoms with van der Waals surface area (Å²) in [7, 11) is 0. The van der Waals surface area contributed by atoms with Crippen LogP contribution in [0.5, 0.6) is 0 Å². The molecule has 2 rings (SSSR count). The van der Waals surface area contributed by atoms with E-state index in [9.17, 15) is 0 Å². The lowest BCUT2D eigenvalue weighted by Crippen LogP contribution is -2.17. The lowest BCUT2D eigenvalue weighted by Gasteiger charge is -2.14. The standard InChI is InChI=1S/C12H17BrN4S/c1-3-18-7-4-9(2)15-11-12-14-5-6-17(12)8-10(13)16-11/h5-6,8-9H,3-4,7H2,1-2H3,(H,15,16). The van der Waals surface area contributed by atoms with Crippen molar-refractivity contribution in [3.8, 4) is 0 Å². The summed E-state index contributed by atoms with van der Waals surface area (Å²) < 4.78 is 2.78. The van der Waals surface area contributed by atoms with E-state index in [4.69, 9.17) is 0 Å². The molecule has 0 spiro atoms. The van der Waals surface area contributed by atoms with Gasteiger partial charge in [-0.25, -0.2) is 9.97 Å². The van der Waals surface area contributed by atoms with Crippen LogP contribution in [0.2, 0.25) is 0 Å². The predicted molar refractivity (Wildman–Crippen MR) is 81.4 cm³/mol. The molecule has 4 nitrogen and oxygen atoms in total. The summed E-state index contributed by atoms with van der Waals surface area (Å²) in [5.74, 6) is 3.18. The number of hydrogen-bond donors (Lipinski definition) is 1. The minimum Gasteiger partial charge on any atom is -0.364 e. The lowest BCUT2D eigenvalue weighted by molar-refractivity contribution is 0.765. The van der Waals surface area contributed by atoms with Crippen molar-refractivity contribution in [1.82, 2.24) is 14.4 Å². The number of anilines is 1. The molecule has 0 saturated carbocycles. The van der Waals surface area contributed by atoms with Gasteiger partial charge in [0.1, 0.15) is 4.60 Å². The molecule has 98 valence electrons. The Morgan fingerprint density at radius 3 is 3.17 bits per heavy atom. The molecule has 2 aromatic rings. The minimum absolute atomic E-state index is 0.395. The molecule has 18 heavy (non-hydrogen) atoms. The molecule has 0 bridgehead atoms. The van der Waals surface area contributed by atoms with E-state index in [0.717, 1.165) is 22.5 Å². The van der Waals surface area contributed by atoms with Crippen molar-refractivity contribution in [3.63, 3.8) is 0 Å². The first-order valence-electron chi connectivity index (χ1n) is 6.04. The van der Waals surface area contributed by atoms with Gasteiger partial charge in [0.05, 0.1) is 0 Å². The second kappa shape index (κ2) is 6.43. The van der Waals surface area contributed by atoms with Crippen LogP contribution in [0.3, 0.4) is 0 Å². The molecule has 2 heterocycles. The van der Waals surface area contributed by atoms with Crippen molar-refractivity contribution in [2.24, 2.45) is 0 Å². The maximum Gasteiger partial charge on any atom is 0.180 e. The van der Waals surface area contributed by atoms with Gasteiger partial charge in [-0.05, 0) is 40.8 Å². The highest BCUT2D eigenvalue weighted by atomic mass is 79.9. The Morgan fingerprint density at radius 2 is 2.39 bits per heavy atom. The summed E-state index contributed by atoms with van der Waals surface area (Å²) in [6.07, 6.45) is 6.74. The van der Waals surface area contributed by atoms with Gasteiger partial charge in [-0.15, -0.1) is 0 Å². The number of imidazole rings is 1. The summed E-state index contributed by atoms with van der Waals surface area (Å²) in [5.41, 5.74) is 0.869. The van der Waals surface area contributed by atoms with Crippen molar-refractivity contribution in [2.75, 3.05) is 16.8 Å². The van der Waals surface area contributed by atoms with Crippen LogP contribution in [0.25, 0.3) is 5.65 Å². The molecule has 6 heteroatoms. The summed E-state index contributed by atoms with van der Waals surface area (Å²) >= 11 is 5.38. The number of fused-ring (bicyclic) bond motifs is 1. The largest absolute Gasteiger partial charge is 0.364 e. The van der Waals surface area contributed by atoms with Gasteiger partial charge < -0.3 is 9.72 Å². The SMILES string of the molecule is CCSCCC(C)Nc1nc(Br)cn2ccnc12. The Kier molecular flexibility index (Phi) is 4.88. The molecule has 0 aliphatic heterocycles. The van der Waals surface area contributed by atoms with E-state index in [1.165, 1.54) is 11.5 Å². The molecule has 1 atom stereocenters. The molecule has 0 radical (unpaired) electrons. The fraction of sp³-hybridized carbons (Fsp3) is 0.500. The molecule has 0 aromatic carbocycles. The first kappa shape index (κ1) is 13.7. The van der Waals surface area contributed by atoms with E-state index < -0.39 is 0 Å². The van der Waals surface area contributed by atoms with Crippen LogP contribution in [0.15, 0.2) is 23.2 Å². The van der Waals surface area contributed by atoms with Crippen molar-refractivity contribution in [1.29, 1.82) is 0 Å². The topological polar surface area (TPSA) is 42.2 Å². The number of rotatable bonds is 6. The van der Waals surface area contributed by atoms with Gasteiger partial charge in [0.2, 0.25) is 0 Å². The molecule has 0 amide bonds. The van der Waals surface area contributed by atoms with E-state index in [0.29, 0.717) is 6.04 Å².